The number of unbranched alkanes of at least 4 members (excludes halogenated alkanes) is 1. The Balaban J connectivity index is 1.12. The second kappa shape index (κ2) is 18.4. The van der Waals surface area contributed by atoms with E-state index in [0.29, 0.717) is 42.6 Å². The molecule has 4 saturated carbocycles. The minimum absolute atomic E-state index is 0.118. The first-order chi connectivity index (χ1) is 25.6. The van der Waals surface area contributed by atoms with Crippen molar-refractivity contribution in [1.29, 1.82) is 0 Å². The van der Waals surface area contributed by atoms with E-state index in [2.05, 4.69) is 50.6 Å². The second-order valence-electron chi connectivity index (χ2n) is 19.9. The maximum Gasteiger partial charge on any atom is 0.408 e. The molecule has 0 saturated heterocycles. The van der Waals surface area contributed by atoms with E-state index in [9.17, 15) is 14.4 Å². The van der Waals surface area contributed by atoms with Crippen molar-refractivity contribution in [2.75, 3.05) is 6.54 Å². The van der Waals surface area contributed by atoms with E-state index in [1.165, 1.54) is 64.2 Å². The quantitative estimate of drug-likeness (QED) is 0.155. The van der Waals surface area contributed by atoms with E-state index in [1.54, 1.807) is 0 Å². The van der Waals surface area contributed by atoms with Crippen LogP contribution in [0.25, 0.3) is 0 Å². The maximum atomic E-state index is 13.8. The Labute approximate surface area is 327 Å². The van der Waals surface area contributed by atoms with Crippen molar-refractivity contribution in [2.45, 2.75) is 176 Å². The molecule has 10 atom stereocenters. The van der Waals surface area contributed by atoms with Gasteiger partial charge in [0.05, 0.1) is 0 Å². The lowest BCUT2D eigenvalue weighted by atomic mass is 9.44. The monoisotopic (exact) mass is 750 g/mol. The van der Waals surface area contributed by atoms with Crippen LogP contribution in [0.5, 0.6) is 0 Å². The lowest BCUT2D eigenvalue weighted by molar-refractivity contribution is -0.129. The number of hydrogen-bond acceptors (Lipinski definition) is 5. The van der Waals surface area contributed by atoms with Gasteiger partial charge in [-0.15, -0.1) is 0 Å². The van der Waals surface area contributed by atoms with Crippen molar-refractivity contribution in [3.05, 3.63) is 35.9 Å². The zero-order chi connectivity index (χ0) is 39.1. The molecule has 0 spiro atoms. The first-order valence-electron chi connectivity index (χ1n) is 21.8. The van der Waals surface area contributed by atoms with E-state index in [-0.39, 0.29) is 18.6 Å². The standard InChI is InChI=1S/C46H75N3O5/c1-31(2)15-14-16-32(3)37-22-23-38-36-21-20-34-29-35(24-26-45(34,7)39(36)25-27-46(37,38)8)48-41(50)40(49-43(52)54-44(4,5)6)19-12-13-28-47-42(51)53-30-33-17-10-9-11-18-33/h9-11,17-18,31-32,34-40H,12-16,19-30H2,1-8H3,(H,47,51)(H,48,50)(H,49,52)/t32-,34?,35-,36+,37-,38+,39+,40+,45+,46-/m1/s1. The third kappa shape index (κ3) is 10.7. The molecule has 5 rings (SSSR count). The lowest BCUT2D eigenvalue weighted by Gasteiger charge is -2.61. The largest absolute Gasteiger partial charge is 0.445 e. The molecule has 1 aromatic rings. The highest BCUT2D eigenvalue weighted by atomic mass is 16.6. The molecule has 3 amide bonds. The SMILES string of the molecule is CC(C)CCC[C@@H](C)[C@H]1CC[C@H]2[C@@H]3CCC4C[C@H](NC(=O)[C@H](CCCCNC(=O)OCc5ccccc5)NC(=O)OC(C)(C)C)CC[C@]4(C)[C@H]3CC[C@]12C. The number of alkyl carbamates (subject to hydrolysis) is 2. The van der Waals surface area contributed by atoms with Crippen LogP contribution in [0.1, 0.15) is 157 Å². The van der Waals surface area contributed by atoms with Gasteiger partial charge in [-0.25, -0.2) is 9.59 Å². The van der Waals surface area contributed by atoms with E-state index >= 15 is 0 Å². The summed E-state index contributed by atoms with van der Waals surface area (Å²) in [6.07, 6.45) is 16.3. The highest BCUT2D eigenvalue weighted by Gasteiger charge is 2.60. The number of ether oxygens (including phenoxy) is 2. The average molecular weight is 750 g/mol. The van der Waals surface area contributed by atoms with Crippen LogP contribution in [0.15, 0.2) is 30.3 Å². The van der Waals surface area contributed by atoms with Crippen LogP contribution < -0.4 is 16.0 Å². The molecule has 0 aromatic heterocycles. The number of carbonyl (C=O) groups excluding carboxylic acids is 3. The molecule has 8 nitrogen and oxygen atoms in total. The van der Waals surface area contributed by atoms with Crippen LogP contribution in [0.3, 0.4) is 0 Å². The molecule has 3 N–H and O–H groups in total. The fourth-order valence-corrected chi connectivity index (χ4v) is 11.9. The molecule has 8 heteroatoms. The number of hydrogen-bond donors (Lipinski definition) is 3. The molecular weight excluding hydrogens is 675 g/mol. The van der Waals surface area contributed by atoms with E-state index in [4.69, 9.17) is 9.47 Å². The highest BCUT2D eigenvalue weighted by molar-refractivity contribution is 5.85. The summed E-state index contributed by atoms with van der Waals surface area (Å²) in [6.45, 7) is 18.7. The Morgan fingerprint density at radius 2 is 1.54 bits per heavy atom. The third-order valence-corrected chi connectivity index (χ3v) is 14.6. The number of fused-ring (bicyclic) bond motifs is 5. The number of benzene rings is 1. The number of carbonyl (C=O) groups is 3. The molecule has 1 aromatic carbocycles. The fraction of sp³-hybridized carbons (Fsp3) is 0.804. The van der Waals surface area contributed by atoms with Crippen molar-refractivity contribution in [2.24, 2.45) is 52.3 Å². The summed E-state index contributed by atoms with van der Waals surface area (Å²) in [7, 11) is 0. The molecule has 304 valence electrons. The summed E-state index contributed by atoms with van der Waals surface area (Å²) >= 11 is 0. The van der Waals surface area contributed by atoms with Crippen molar-refractivity contribution in [3.8, 4) is 0 Å². The van der Waals surface area contributed by atoms with Gasteiger partial charge in [0, 0.05) is 12.6 Å². The van der Waals surface area contributed by atoms with Crippen molar-refractivity contribution < 1.29 is 23.9 Å². The lowest BCUT2D eigenvalue weighted by Crippen LogP contribution is -2.57. The van der Waals surface area contributed by atoms with Gasteiger partial charge in [-0.2, -0.15) is 0 Å². The Morgan fingerprint density at radius 3 is 2.26 bits per heavy atom. The van der Waals surface area contributed by atoms with Gasteiger partial charge in [0.1, 0.15) is 18.2 Å². The highest BCUT2D eigenvalue weighted by Crippen LogP contribution is 2.68. The summed E-state index contributed by atoms with van der Waals surface area (Å²) in [4.78, 5) is 38.9. The second-order valence-corrected chi connectivity index (χ2v) is 19.9. The Hall–Kier alpha value is -2.77. The predicted molar refractivity (Wildman–Crippen MR) is 217 cm³/mol. The third-order valence-electron chi connectivity index (χ3n) is 14.6. The van der Waals surface area contributed by atoms with E-state index in [1.807, 2.05) is 51.1 Å². The maximum absolute atomic E-state index is 13.8. The van der Waals surface area contributed by atoms with Crippen molar-refractivity contribution in [1.82, 2.24) is 16.0 Å². The van der Waals surface area contributed by atoms with Crippen molar-refractivity contribution in [3.63, 3.8) is 0 Å². The summed E-state index contributed by atoms with van der Waals surface area (Å²) in [5.41, 5.74) is 1.12. The van der Waals surface area contributed by atoms with Gasteiger partial charge in [-0.1, -0.05) is 84.2 Å². The summed E-state index contributed by atoms with van der Waals surface area (Å²) < 4.78 is 10.9. The molecule has 4 aliphatic carbocycles. The fourth-order valence-electron chi connectivity index (χ4n) is 11.9. The number of nitrogens with one attached hydrogen (secondary N) is 3. The Bertz CT molecular complexity index is 1380. The molecule has 4 aliphatic rings. The average Bonchev–Trinajstić information content (AvgIpc) is 3.47. The van der Waals surface area contributed by atoms with Crippen LogP contribution in [0, 0.1) is 52.3 Å². The minimum atomic E-state index is -0.701. The van der Waals surface area contributed by atoms with Gasteiger partial charge in [0.2, 0.25) is 5.91 Å². The van der Waals surface area contributed by atoms with E-state index in [0.717, 1.165) is 53.9 Å². The Kier molecular flexibility index (Phi) is 14.5. The van der Waals surface area contributed by atoms with Crippen molar-refractivity contribution >= 4 is 18.1 Å². The van der Waals surface area contributed by atoms with Crippen LogP contribution in [-0.2, 0) is 20.9 Å². The van der Waals surface area contributed by atoms with Gasteiger partial charge in [0.25, 0.3) is 0 Å². The summed E-state index contributed by atoms with van der Waals surface area (Å²) in [5.74, 6) is 5.54. The number of rotatable bonds is 15. The summed E-state index contributed by atoms with van der Waals surface area (Å²) in [5, 5.41) is 9.06. The van der Waals surface area contributed by atoms with E-state index < -0.39 is 23.8 Å². The van der Waals surface area contributed by atoms with Crippen LogP contribution in [-0.4, -0.2) is 42.3 Å². The zero-order valence-corrected chi connectivity index (χ0v) is 35.1. The normalized spacial score (nSPS) is 31.6. The molecular formula is C46H75N3O5. The van der Waals surface area contributed by atoms with Crippen LogP contribution in [0.4, 0.5) is 9.59 Å². The number of amides is 3. The van der Waals surface area contributed by atoms with Crippen LogP contribution >= 0.6 is 0 Å². The van der Waals surface area contributed by atoms with Gasteiger partial charge < -0.3 is 25.4 Å². The molecule has 0 bridgehead atoms. The Morgan fingerprint density at radius 1 is 0.815 bits per heavy atom. The topological polar surface area (TPSA) is 106 Å². The van der Waals surface area contributed by atoms with Gasteiger partial charge in [-0.05, 0) is 156 Å². The van der Waals surface area contributed by atoms with Gasteiger partial charge in [-0.3, -0.25) is 4.79 Å². The summed E-state index contributed by atoms with van der Waals surface area (Å²) in [6, 6.07) is 9.00. The zero-order valence-electron chi connectivity index (χ0n) is 35.1. The first-order valence-corrected chi connectivity index (χ1v) is 21.8. The van der Waals surface area contributed by atoms with Gasteiger partial charge >= 0.3 is 12.2 Å². The molecule has 0 heterocycles. The minimum Gasteiger partial charge on any atom is -0.445 e. The molecule has 1 unspecified atom stereocenters. The molecule has 54 heavy (non-hydrogen) atoms. The first kappa shape index (κ1) is 42.4. The molecule has 0 radical (unpaired) electrons. The predicted octanol–water partition coefficient (Wildman–Crippen LogP) is 10.6. The smallest absolute Gasteiger partial charge is 0.408 e. The molecule has 4 fully saturated rings. The van der Waals surface area contributed by atoms with Crippen LogP contribution in [0.2, 0.25) is 0 Å². The molecule has 0 aliphatic heterocycles. The van der Waals surface area contributed by atoms with Gasteiger partial charge in [0.15, 0.2) is 0 Å².